The summed E-state index contributed by atoms with van der Waals surface area (Å²) in [6, 6.07) is 5.12. The predicted molar refractivity (Wildman–Crippen MR) is 98.9 cm³/mol. The molecule has 1 aromatic heterocycles. The number of halogens is 1. The van der Waals surface area contributed by atoms with Crippen molar-refractivity contribution in [1.82, 2.24) is 0 Å². The molecule has 124 valence electrons. The molecule has 0 spiro atoms. The quantitative estimate of drug-likeness (QED) is 0.631. The molecule has 0 N–H and O–H groups in total. The molecule has 0 bridgehead atoms. The molecule has 3 unspecified atom stereocenters. The average Bonchev–Trinajstić information content (AvgIpc) is 2.91. The van der Waals surface area contributed by atoms with Crippen LogP contribution in [0.15, 0.2) is 50.0 Å². The van der Waals surface area contributed by atoms with E-state index in [0.717, 1.165) is 0 Å². The molecule has 0 fully saturated rings. The maximum atomic E-state index is 12.9. The molecule has 5 heteroatoms. The SMILES string of the molecule is CC(C)=CC1Oc2c(oc3ccc(Cl)cc3c2=O)C2SC(C)=CC12. The lowest BCUT2D eigenvalue weighted by Gasteiger charge is -2.32. The smallest absolute Gasteiger partial charge is 0.234 e. The van der Waals surface area contributed by atoms with Crippen molar-refractivity contribution in [3.8, 4) is 5.75 Å². The predicted octanol–water partition coefficient (Wildman–Crippen LogP) is 5.48. The molecule has 3 nitrogen and oxygen atoms in total. The highest BCUT2D eigenvalue weighted by Crippen LogP contribution is 2.54. The van der Waals surface area contributed by atoms with Crippen LogP contribution in [0.3, 0.4) is 0 Å². The van der Waals surface area contributed by atoms with Gasteiger partial charge in [0.1, 0.15) is 11.7 Å². The van der Waals surface area contributed by atoms with Crippen molar-refractivity contribution in [2.75, 3.05) is 0 Å². The summed E-state index contributed by atoms with van der Waals surface area (Å²) in [4.78, 5) is 14.2. The van der Waals surface area contributed by atoms with E-state index >= 15 is 0 Å². The molecule has 0 saturated heterocycles. The van der Waals surface area contributed by atoms with Crippen LogP contribution in [-0.4, -0.2) is 6.10 Å². The fraction of sp³-hybridized carbons (Fsp3) is 0.316. The molecule has 2 aliphatic heterocycles. The number of hydrogen-bond donors (Lipinski definition) is 0. The van der Waals surface area contributed by atoms with Crippen LogP contribution in [-0.2, 0) is 0 Å². The Hall–Kier alpha value is -1.65. The molecule has 2 aliphatic rings. The van der Waals surface area contributed by atoms with Crippen LogP contribution in [0.1, 0.15) is 31.8 Å². The fourth-order valence-corrected chi connectivity index (χ4v) is 4.79. The Kier molecular flexibility index (Phi) is 3.77. The van der Waals surface area contributed by atoms with E-state index in [2.05, 4.69) is 19.1 Å². The van der Waals surface area contributed by atoms with Crippen molar-refractivity contribution >= 4 is 34.3 Å². The molecule has 2 aromatic rings. The molecule has 0 saturated carbocycles. The van der Waals surface area contributed by atoms with Crippen LogP contribution in [0.5, 0.6) is 5.75 Å². The Labute approximate surface area is 149 Å². The Balaban J connectivity index is 1.95. The summed E-state index contributed by atoms with van der Waals surface area (Å²) in [6.07, 6.45) is 4.14. The highest BCUT2D eigenvalue weighted by atomic mass is 35.5. The Morgan fingerprint density at radius 2 is 2.12 bits per heavy atom. The zero-order chi connectivity index (χ0) is 17.0. The number of hydrogen-bond acceptors (Lipinski definition) is 4. The van der Waals surface area contributed by atoms with E-state index in [4.69, 9.17) is 20.8 Å². The molecular weight excluding hydrogens is 344 g/mol. The van der Waals surface area contributed by atoms with E-state index < -0.39 is 0 Å². The fourth-order valence-electron chi connectivity index (χ4n) is 3.33. The maximum Gasteiger partial charge on any atom is 0.234 e. The van der Waals surface area contributed by atoms with Gasteiger partial charge in [0, 0.05) is 10.9 Å². The Bertz CT molecular complexity index is 953. The molecule has 1 aromatic carbocycles. The third-order valence-corrected chi connectivity index (χ3v) is 5.84. The highest BCUT2D eigenvalue weighted by molar-refractivity contribution is 8.03. The van der Waals surface area contributed by atoms with Crippen LogP contribution in [0.4, 0.5) is 0 Å². The first-order chi connectivity index (χ1) is 11.4. The summed E-state index contributed by atoms with van der Waals surface area (Å²) in [7, 11) is 0. The summed E-state index contributed by atoms with van der Waals surface area (Å²) in [5.74, 6) is 1.13. The van der Waals surface area contributed by atoms with E-state index in [-0.39, 0.29) is 22.7 Å². The van der Waals surface area contributed by atoms with E-state index in [9.17, 15) is 4.79 Å². The highest BCUT2D eigenvalue weighted by Gasteiger charge is 2.43. The van der Waals surface area contributed by atoms with Gasteiger partial charge in [-0.2, -0.15) is 0 Å². The molecule has 3 atom stereocenters. The second-order valence-corrected chi connectivity index (χ2v) is 8.31. The second kappa shape index (κ2) is 5.71. The first-order valence-corrected chi connectivity index (χ1v) is 9.13. The van der Waals surface area contributed by atoms with Crippen molar-refractivity contribution in [2.24, 2.45) is 5.92 Å². The first-order valence-electron chi connectivity index (χ1n) is 7.87. The van der Waals surface area contributed by atoms with Gasteiger partial charge in [0.25, 0.3) is 0 Å². The summed E-state index contributed by atoms with van der Waals surface area (Å²) in [6.45, 7) is 6.16. The number of ether oxygens (including phenoxy) is 1. The van der Waals surface area contributed by atoms with E-state index in [1.54, 1.807) is 30.0 Å². The minimum Gasteiger partial charge on any atom is -0.478 e. The van der Waals surface area contributed by atoms with Gasteiger partial charge in [-0.3, -0.25) is 4.79 Å². The Morgan fingerprint density at radius 3 is 2.88 bits per heavy atom. The standard InChI is InChI=1S/C19H17ClO3S/c1-9(2)6-15-13-7-10(3)24-19(13)18-17(23-15)16(21)12-8-11(20)4-5-14(12)22-18/h4-8,13,15,19H,1-3H3. The van der Waals surface area contributed by atoms with Crippen LogP contribution >= 0.6 is 23.4 Å². The molecule has 0 aliphatic carbocycles. The van der Waals surface area contributed by atoms with Gasteiger partial charge in [0.15, 0.2) is 5.76 Å². The van der Waals surface area contributed by atoms with Gasteiger partial charge < -0.3 is 9.15 Å². The average molecular weight is 361 g/mol. The van der Waals surface area contributed by atoms with Crippen LogP contribution in [0.2, 0.25) is 5.02 Å². The van der Waals surface area contributed by atoms with Gasteiger partial charge in [-0.25, -0.2) is 0 Å². The Morgan fingerprint density at radius 1 is 1.33 bits per heavy atom. The lowest BCUT2D eigenvalue weighted by Crippen LogP contribution is -2.34. The van der Waals surface area contributed by atoms with Crippen LogP contribution in [0, 0.1) is 5.92 Å². The third-order valence-electron chi connectivity index (χ3n) is 4.32. The second-order valence-electron chi connectivity index (χ2n) is 6.48. The summed E-state index contributed by atoms with van der Waals surface area (Å²) in [5.41, 5.74) is 1.57. The molecular formula is C19H17ClO3S. The number of thioether (sulfide) groups is 1. The van der Waals surface area contributed by atoms with Gasteiger partial charge in [-0.1, -0.05) is 23.3 Å². The van der Waals surface area contributed by atoms with Gasteiger partial charge in [0.05, 0.1) is 10.6 Å². The topological polar surface area (TPSA) is 39.4 Å². The zero-order valence-corrected chi connectivity index (χ0v) is 15.2. The van der Waals surface area contributed by atoms with Crippen molar-refractivity contribution in [1.29, 1.82) is 0 Å². The molecule has 0 radical (unpaired) electrons. The monoisotopic (exact) mass is 360 g/mol. The van der Waals surface area contributed by atoms with Crippen LogP contribution < -0.4 is 10.2 Å². The number of fused-ring (bicyclic) bond motifs is 4. The van der Waals surface area contributed by atoms with Crippen molar-refractivity contribution in [2.45, 2.75) is 32.1 Å². The lowest BCUT2D eigenvalue weighted by atomic mass is 9.91. The first kappa shape index (κ1) is 15.9. The number of rotatable bonds is 1. The lowest BCUT2D eigenvalue weighted by molar-refractivity contribution is 0.161. The van der Waals surface area contributed by atoms with Crippen molar-refractivity contribution in [3.05, 3.63) is 61.8 Å². The molecule has 0 amide bonds. The van der Waals surface area contributed by atoms with E-state index in [1.165, 1.54) is 10.5 Å². The van der Waals surface area contributed by atoms with Gasteiger partial charge in [0.2, 0.25) is 11.2 Å². The van der Waals surface area contributed by atoms with Crippen LogP contribution in [0.25, 0.3) is 11.0 Å². The number of benzene rings is 1. The molecule has 24 heavy (non-hydrogen) atoms. The largest absolute Gasteiger partial charge is 0.478 e. The number of allylic oxidation sites excluding steroid dienone is 2. The van der Waals surface area contributed by atoms with Gasteiger partial charge >= 0.3 is 0 Å². The third kappa shape index (κ3) is 2.49. The van der Waals surface area contributed by atoms with Gasteiger partial charge in [-0.05, 0) is 50.0 Å². The maximum absolute atomic E-state index is 12.9. The molecule has 3 heterocycles. The summed E-state index contributed by atoms with van der Waals surface area (Å²) < 4.78 is 12.2. The van der Waals surface area contributed by atoms with Gasteiger partial charge in [-0.15, -0.1) is 11.8 Å². The minimum atomic E-state index is -0.156. The van der Waals surface area contributed by atoms with E-state index in [1.807, 2.05) is 13.8 Å². The summed E-state index contributed by atoms with van der Waals surface area (Å²) in [5, 5.41) is 1.04. The minimum absolute atomic E-state index is 0.0714. The normalized spacial score (nSPS) is 24.8. The van der Waals surface area contributed by atoms with E-state index in [0.29, 0.717) is 27.5 Å². The summed E-state index contributed by atoms with van der Waals surface area (Å²) >= 11 is 7.77. The molecule has 4 rings (SSSR count). The zero-order valence-electron chi connectivity index (χ0n) is 13.6. The van der Waals surface area contributed by atoms with Crippen molar-refractivity contribution < 1.29 is 9.15 Å². The van der Waals surface area contributed by atoms with Crippen molar-refractivity contribution in [3.63, 3.8) is 0 Å².